The van der Waals surface area contributed by atoms with E-state index < -0.39 is 11.6 Å². The van der Waals surface area contributed by atoms with Gasteiger partial charge in [0.05, 0.1) is 5.69 Å². The van der Waals surface area contributed by atoms with Gasteiger partial charge in [0.15, 0.2) is 5.11 Å². The lowest BCUT2D eigenvalue weighted by atomic mass is 9.75. The Bertz CT molecular complexity index is 1230. The van der Waals surface area contributed by atoms with Gasteiger partial charge in [-0.3, -0.25) is 9.69 Å². The molecule has 2 N–H and O–H groups in total. The molecule has 3 aliphatic rings. The second-order valence-corrected chi connectivity index (χ2v) is 9.59. The average molecular weight is 491 g/mol. The van der Waals surface area contributed by atoms with Crippen molar-refractivity contribution in [1.82, 2.24) is 9.88 Å². The van der Waals surface area contributed by atoms with E-state index in [1.54, 1.807) is 29.0 Å². The third-order valence-electron chi connectivity index (χ3n) is 7.14. The van der Waals surface area contributed by atoms with Crippen LogP contribution in [0.4, 0.5) is 22.0 Å². The zero-order valence-corrected chi connectivity index (χ0v) is 20.3. The van der Waals surface area contributed by atoms with Gasteiger partial charge < -0.3 is 25.1 Å². The molecule has 180 valence electrons. The fourth-order valence-corrected chi connectivity index (χ4v) is 5.53. The Hall–Kier alpha value is -3.71. The topological polar surface area (TPSA) is 96.4 Å². The second kappa shape index (κ2) is 8.82. The average Bonchev–Trinajstić information content (AvgIpc) is 3.06. The van der Waals surface area contributed by atoms with Crippen molar-refractivity contribution in [3.05, 3.63) is 53.5 Å². The molecule has 2 saturated heterocycles. The van der Waals surface area contributed by atoms with Crippen LogP contribution < -0.4 is 20.3 Å². The number of pyridine rings is 1. The third-order valence-corrected chi connectivity index (χ3v) is 7.51. The molecule has 9 nitrogen and oxygen atoms in total. The van der Waals surface area contributed by atoms with Crippen molar-refractivity contribution in [3.8, 4) is 5.75 Å². The number of anilines is 2. The van der Waals surface area contributed by atoms with Gasteiger partial charge in [-0.2, -0.15) is 0 Å². The number of benzene rings is 1. The highest BCUT2D eigenvalue weighted by Crippen LogP contribution is 2.48. The first-order valence-electron chi connectivity index (χ1n) is 11.7. The third kappa shape index (κ3) is 3.86. The quantitative estimate of drug-likeness (QED) is 0.516. The zero-order valence-electron chi connectivity index (χ0n) is 19.4. The van der Waals surface area contributed by atoms with Crippen LogP contribution in [0.25, 0.3) is 4.85 Å². The van der Waals surface area contributed by atoms with E-state index in [1.807, 2.05) is 29.2 Å². The van der Waals surface area contributed by atoms with Crippen LogP contribution in [-0.4, -0.2) is 51.7 Å². The van der Waals surface area contributed by atoms with Crippen molar-refractivity contribution >= 4 is 46.5 Å². The number of rotatable bonds is 4. The van der Waals surface area contributed by atoms with E-state index in [4.69, 9.17) is 29.3 Å². The number of carbonyl (C=O) groups is 2. The maximum atomic E-state index is 13.6. The van der Waals surface area contributed by atoms with Crippen LogP contribution in [0, 0.1) is 13.5 Å². The van der Waals surface area contributed by atoms with E-state index in [-0.39, 0.29) is 12.0 Å². The van der Waals surface area contributed by atoms with Crippen LogP contribution in [0.5, 0.6) is 5.75 Å². The van der Waals surface area contributed by atoms with Crippen molar-refractivity contribution in [3.63, 3.8) is 0 Å². The lowest BCUT2D eigenvalue weighted by Gasteiger charge is -2.43. The van der Waals surface area contributed by atoms with Gasteiger partial charge in [0, 0.05) is 31.6 Å². The molecule has 3 heterocycles. The van der Waals surface area contributed by atoms with Gasteiger partial charge in [-0.1, -0.05) is 6.57 Å². The number of thiocarbonyl (C=S) groups is 1. The summed E-state index contributed by atoms with van der Waals surface area (Å²) in [5.74, 6) is 1.00. The molecule has 1 aromatic heterocycles. The number of urea groups is 1. The van der Waals surface area contributed by atoms with Gasteiger partial charge in [0.25, 0.3) is 11.7 Å². The Morgan fingerprint density at radius 1 is 1.23 bits per heavy atom. The molecule has 1 saturated carbocycles. The minimum atomic E-state index is -0.687. The number of primary amides is 1. The number of ether oxygens (including phenoxy) is 1. The SMILES string of the molecule is [C-]#[N+]c1ncc(N2C(=O)C3(CCC3)N(c3ccc(OC4CCN(C(N)=O)CC4)cc3)C2=S)cc1C. The molecule has 35 heavy (non-hydrogen) atoms. The van der Waals surface area contributed by atoms with Crippen LogP contribution in [-0.2, 0) is 4.79 Å². The highest BCUT2D eigenvalue weighted by Gasteiger charge is 2.59. The van der Waals surface area contributed by atoms with E-state index in [0.29, 0.717) is 35.3 Å². The van der Waals surface area contributed by atoms with Crippen LogP contribution in [0.3, 0.4) is 0 Å². The van der Waals surface area contributed by atoms with E-state index in [0.717, 1.165) is 43.5 Å². The first-order chi connectivity index (χ1) is 16.8. The number of aromatic nitrogens is 1. The summed E-state index contributed by atoms with van der Waals surface area (Å²) >= 11 is 5.82. The number of likely N-dealkylation sites (tertiary alicyclic amines) is 1. The molecule has 0 radical (unpaired) electrons. The molecule has 10 heteroatoms. The number of hydrogen-bond acceptors (Lipinski definition) is 5. The van der Waals surface area contributed by atoms with Crippen LogP contribution in [0.15, 0.2) is 36.5 Å². The number of carbonyl (C=O) groups excluding carboxylic acids is 2. The summed E-state index contributed by atoms with van der Waals surface area (Å²) in [5.41, 5.74) is 6.80. The lowest BCUT2D eigenvalue weighted by molar-refractivity contribution is -0.123. The van der Waals surface area contributed by atoms with Crippen LogP contribution in [0.1, 0.15) is 37.7 Å². The maximum absolute atomic E-state index is 13.6. The van der Waals surface area contributed by atoms with Crippen LogP contribution in [0.2, 0.25) is 0 Å². The minimum Gasteiger partial charge on any atom is -0.490 e. The highest BCUT2D eigenvalue weighted by atomic mass is 32.1. The Morgan fingerprint density at radius 3 is 2.46 bits per heavy atom. The van der Waals surface area contributed by atoms with E-state index >= 15 is 0 Å². The van der Waals surface area contributed by atoms with Crippen molar-refractivity contribution in [2.75, 3.05) is 22.9 Å². The van der Waals surface area contributed by atoms with E-state index in [1.165, 1.54) is 0 Å². The summed E-state index contributed by atoms with van der Waals surface area (Å²) in [7, 11) is 0. The molecular weight excluding hydrogens is 464 g/mol. The molecule has 1 aromatic carbocycles. The van der Waals surface area contributed by atoms with Crippen molar-refractivity contribution < 1.29 is 14.3 Å². The number of nitrogens with zero attached hydrogens (tertiary/aromatic N) is 5. The molecule has 1 spiro atoms. The van der Waals surface area contributed by atoms with E-state index in [2.05, 4.69) is 9.83 Å². The minimum absolute atomic E-state index is 0.0218. The number of nitrogens with two attached hydrogens (primary N) is 1. The lowest BCUT2D eigenvalue weighted by Crippen LogP contribution is -2.55. The summed E-state index contributed by atoms with van der Waals surface area (Å²) in [6.45, 7) is 10.2. The Balaban J connectivity index is 1.36. The Kier molecular flexibility index (Phi) is 5.81. The predicted molar refractivity (Wildman–Crippen MR) is 136 cm³/mol. The van der Waals surface area contributed by atoms with Gasteiger partial charge in [0.1, 0.15) is 23.6 Å². The zero-order chi connectivity index (χ0) is 24.7. The largest absolute Gasteiger partial charge is 0.490 e. The van der Waals surface area contributed by atoms with Crippen molar-refractivity contribution in [2.24, 2.45) is 5.73 Å². The highest BCUT2D eigenvalue weighted by molar-refractivity contribution is 7.81. The first-order valence-corrected chi connectivity index (χ1v) is 12.1. The molecule has 3 amide bonds. The molecule has 1 aliphatic carbocycles. The van der Waals surface area contributed by atoms with Crippen LogP contribution >= 0.6 is 12.2 Å². The normalized spacial score (nSPS) is 19.6. The van der Waals surface area contributed by atoms with Gasteiger partial charge in [-0.15, -0.1) is 4.98 Å². The van der Waals surface area contributed by atoms with Crippen molar-refractivity contribution in [1.29, 1.82) is 0 Å². The van der Waals surface area contributed by atoms with Gasteiger partial charge in [-0.05, 0) is 74.3 Å². The molecular formula is C25H26N6O3S. The standard InChI is InChI=1S/C25H26N6O3S/c1-16-14-18(15-28-21(16)27-2)30-22(32)25(10-3-11-25)31(24(30)35)17-4-6-19(7-5-17)34-20-8-12-29(13-9-20)23(26)33/h4-7,14-15,20H,3,8-13H2,1H3,(H2,26,33). The molecule has 2 aliphatic heterocycles. The Morgan fingerprint density at radius 2 is 1.91 bits per heavy atom. The number of hydrogen-bond donors (Lipinski definition) is 1. The fraction of sp³-hybridized carbons (Fsp3) is 0.400. The molecule has 0 atom stereocenters. The monoisotopic (exact) mass is 490 g/mol. The smallest absolute Gasteiger partial charge is 0.314 e. The van der Waals surface area contributed by atoms with E-state index in [9.17, 15) is 9.59 Å². The van der Waals surface area contributed by atoms with Gasteiger partial charge >= 0.3 is 6.03 Å². The summed E-state index contributed by atoms with van der Waals surface area (Å²) in [5, 5.41) is 0.416. The second-order valence-electron chi connectivity index (χ2n) is 9.23. The molecule has 0 bridgehead atoms. The molecule has 3 fully saturated rings. The predicted octanol–water partition coefficient (Wildman–Crippen LogP) is 3.92. The number of aryl methyl sites for hydroxylation is 1. The number of piperidine rings is 1. The molecule has 2 aromatic rings. The maximum Gasteiger partial charge on any atom is 0.314 e. The molecule has 5 rings (SSSR count). The Labute approximate surface area is 209 Å². The summed E-state index contributed by atoms with van der Waals surface area (Å²) < 4.78 is 6.13. The summed E-state index contributed by atoms with van der Waals surface area (Å²) in [4.78, 5) is 37.7. The molecule has 0 unspecified atom stereocenters. The van der Waals surface area contributed by atoms with Gasteiger partial charge in [0.2, 0.25) is 0 Å². The fourth-order valence-electron chi connectivity index (χ4n) is 5.06. The first kappa shape index (κ1) is 23.1. The summed E-state index contributed by atoms with van der Waals surface area (Å²) in [6.07, 6.45) is 5.44. The van der Waals surface area contributed by atoms with Crippen molar-refractivity contribution in [2.45, 2.75) is 50.7 Å². The number of amides is 3. The summed E-state index contributed by atoms with van der Waals surface area (Å²) in [6, 6.07) is 9.06. The van der Waals surface area contributed by atoms with Gasteiger partial charge in [-0.25, -0.2) is 4.79 Å².